The zero-order chi connectivity index (χ0) is 16.4. The van der Waals surface area contributed by atoms with Crippen molar-refractivity contribution in [1.82, 2.24) is 4.90 Å². The van der Waals surface area contributed by atoms with Crippen molar-refractivity contribution < 1.29 is 9.90 Å². The van der Waals surface area contributed by atoms with Gasteiger partial charge >= 0.3 is 0 Å². The van der Waals surface area contributed by atoms with Crippen LogP contribution >= 0.6 is 23.4 Å². The molecule has 3 rings (SSSR count). The quantitative estimate of drug-likeness (QED) is 0.827. The van der Waals surface area contributed by atoms with Crippen LogP contribution < -0.4 is 0 Å². The molecule has 1 aliphatic rings. The molecule has 0 radical (unpaired) electrons. The highest BCUT2D eigenvalue weighted by molar-refractivity contribution is 8.18. The Balaban J connectivity index is 1.91. The molecular formula is C17H13ClN2O2S. The predicted molar refractivity (Wildman–Crippen MR) is 95.0 cm³/mol. The smallest absolute Gasteiger partial charge is 0.266 e. The normalized spacial score (nSPS) is 18.2. The van der Waals surface area contributed by atoms with Crippen LogP contribution in [0.3, 0.4) is 0 Å². The first kappa shape index (κ1) is 15.6. The second kappa shape index (κ2) is 6.48. The fourth-order valence-electron chi connectivity index (χ4n) is 2.03. The van der Waals surface area contributed by atoms with Crippen molar-refractivity contribution in [2.24, 2.45) is 4.99 Å². The number of halogens is 1. The largest absolute Gasteiger partial charge is 0.507 e. The van der Waals surface area contributed by atoms with Gasteiger partial charge in [-0.1, -0.05) is 29.8 Å². The summed E-state index contributed by atoms with van der Waals surface area (Å²) in [6, 6.07) is 14.0. The lowest BCUT2D eigenvalue weighted by Gasteiger charge is -2.07. The molecule has 6 heteroatoms. The number of hydrogen-bond donors (Lipinski definition) is 1. The summed E-state index contributed by atoms with van der Waals surface area (Å²) in [5.74, 6) is -0.00916. The molecule has 2 aromatic rings. The first-order chi connectivity index (χ1) is 11.0. The van der Waals surface area contributed by atoms with E-state index in [1.807, 2.05) is 6.07 Å². The molecule has 1 saturated heterocycles. The molecule has 4 nitrogen and oxygen atoms in total. The summed E-state index contributed by atoms with van der Waals surface area (Å²) in [4.78, 5) is 18.8. The number of amidine groups is 1. The lowest BCUT2D eigenvalue weighted by Crippen LogP contribution is -2.23. The molecular weight excluding hydrogens is 332 g/mol. The summed E-state index contributed by atoms with van der Waals surface area (Å²) in [6.07, 6.45) is 1.67. The number of likely N-dealkylation sites (N-methyl/N-ethyl adjacent to an activating group) is 1. The summed E-state index contributed by atoms with van der Waals surface area (Å²) in [6.45, 7) is 0. The van der Waals surface area contributed by atoms with Gasteiger partial charge in [0.1, 0.15) is 5.75 Å². The van der Waals surface area contributed by atoms with Crippen molar-refractivity contribution in [2.75, 3.05) is 7.05 Å². The van der Waals surface area contributed by atoms with Crippen LogP contribution in [0.5, 0.6) is 5.75 Å². The number of phenolic OH excluding ortho intramolecular Hbond substituents is 1. The van der Waals surface area contributed by atoms with Gasteiger partial charge in [0.15, 0.2) is 5.17 Å². The van der Waals surface area contributed by atoms with Crippen LogP contribution in [0.1, 0.15) is 5.56 Å². The Labute approximate surface area is 143 Å². The Hall–Kier alpha value is -2.24. The van der Waals surface area contributed by atoms with Crippen molar-refractivity contribution >= 4 is 46.2 Å². The van der Waals surface area contributed by atoms with E-state index in [4.69, 9.17) is 11.6 Å². The van der Waals surface area contributed by atoms with E-state index in [0.29, 0.717) is 20.7 Å². The number of nitrogens with zero attached hydrogens (tertiary/aromatic N) is 2. The maximum Gasteiger partial charge on any atom is 0.266 e. The standard InChI is InChI=1S/C17H13ClN2O2S/c1-20-16(22)15(10-11-4-2-3-5-14(11)21)23-17(20)19-13-8-6-12(18)7-9-13/h2-10,21H,1H3/b15-10+,19-17?. The molecule has 1 aliphatic heterocycles. The van der Waals surface area contributed by atoms with Crippen LogP contribution in [-0.2, 0) is 4.79 Å². The van der Waals surface area contributed by atoms with E-state index in [-0.39, 0.29) is 11.7 Å². The highest BCUT2D eigenvalue weighted by atomic mass is 35.5. The predicted octanol–water partition coefficient (Wildman–Crippen LogP) is 4.28. The average Bonchev–Trinajstić information content (AvgIpc) is 2.80. The van der Waals surface area contributed by atoms with Crippen molar-refractivity contribution in [2.45, 2.75) is 0 Å². The number of amides is 1. The van der Waals surface area contributed by atoms with Gasteiger partial charge in [0.2, 0.25) is 0 Å². The highest BCUT2D eigenvalue weighted by Crippen LogP contribution is 2.34. The minimum Gasteiger partial charge on any atom is -0.507 e. The van der Waals surface area contributed by atoms with Crippen molar-refractivity contribution in [1.29, 1.82) is 0 Å². The van der Waals surface area contributed by atoms with Gasteiger partial charge in [-0.15, -0.1) is 0 Å². The van der Waals surface area contributed by atoms with Gasteiger partial charge < -0.3 is 5.11 Å². The Bertz CT molecular complexity index is 816. The first-order valence-corrected chi connectivity index (χ1v) is 8.04. The molecule has 23 heavy (non-hydrogen) atoms. The van der Waals surface area contributed by atoms with Crippen LogP contribution in [0.15, 0.2) is 58.4 Å². The minimum atomic E-state index is -0.147. The van der Waals surface area contributed by atoms with Crippen LogP contribution in [-0.4, -0.2) is 28.1 Å². The van der Waals surface area contributed by atoms with Gasteiger partial charge in [-0.05, 0) is 48.2 Å². The van der Waals surface area contributed by atoms with E-state index in [0.717, 1.165) is 5.69 Å². The van der Waals surface area contributed by atoms with Crippen molar-refractivity contribution in [3.8, 4) is 5.75 Å². The SMILES string of the molecule is CN1C(=O)/C(=C\c2ccccc2O)SC1=Nc1ccc(Cl)cc1. The average molecular weight is 345 g/mol. The summed E-state index contributed by atoms with van der Waals surface area (Å²) in [7, 11) is 1.68. The topological polar surface area (TPSA) is 52.9 Å². The molecule has 0 saturated carbocycles. The molecule has 0 bridgehead atoms. The molecule has 0 spiro atoms. The molecule has 1 N–H and O–H groups in total. The molecule has 2 aromatic carbocycles. The lowest BCUT2D eigenvalue weighted by atomic mass is 10.2. The second-order valence-electron chi connectivity index (χ2n) is 4.90. The van der Waals surface area contributed by atoms with E-state index in [1.165, 1.54) is 16.7 Å². The van der Waals surface area contributed by atoms with E-state index < -0.39 is 0 Å². The number of carbonyl (C=O) groups is 1. The number of hydrogen-bond acceptors (Lipinski definition) is 4. The van der Waals surface area contributed by atoms with Gasteiger partial charge in [0.05, 0.1) is 10.6 Å². The van der Waals surface area contributed by atoms with Crippen LogP contribution in [0.2, 0.25) is 5.02 Å². The number of para-hydroxylation sites is 1. The number of carbonyl (C=O) groups excluding carboxylic acids is 1. The molecule has 0 atom stereocenters. The third kappa shape index (κ3) is 3.41. The third-order valence-electron chi connectivity index (χ3n) is 3.28. The maximum atomic E-state index is 12.3. The number of aliphatic imine (C=N–C) groups is 1. The van der Waals surface area contributed by atoms with Gasteiger partial charge in [0.25, 0.3) is 5.91 Å². The Morgan fingerprint density at radius 2 is 1.87 bits per heavy atom. The molecule has 1 amide bonds. The number of benzene rings is 2. The van der Waals surface area contributed by atoms with Gasteiger partial charge in [-0.3, -0.25) is 9.69 Å². The Kier molecular flexibility index (Phi) is 4.41. The molecule has 1 fully saturated rings. The van der Waals surface area contributed by atoms with E-state index in [2.05, 4.69) is 4.99 Å². The summed E-state index contributed by atoms with van der Waals surface area (Å²) < 4.78 is 0. The fourth-order valence-corrected chi connectivity index (χ4v) is 3.13. The van der Waals surface area contributed by atoms with Crippen molar-refractivity contribution in [3.05, 3.63) is 64.0 Å². The first-order valence-electron chi connectivity index (χ1n) is 6.84. The number of phenols is 1. The van der Waals surface area contributed by atoms with E-state index in [1.54, 1.807) is 55.6 Å². The van der Waals surface area contributed by atoms with E-state index >= 15 is 0 Å². The van der Waals surface area contributed by atoms with E-state index in [9.17, 15) is 9.90 Å². The van der Waals surface area contributed by atoms with Crippen LogP contribution in [0, 0.1) is 0 Å². The Morgan fingerprint density at radius 3 is 2.57 bits per heavy atom. The summed E-state index contributed by atoms with van der Waals surface area (Å²) in [5.41, 5.74) is 1.32. The zero-order valence-corrected chi connectivity index (χ0v) is 13.8. The van der Waals surface area contributed by atoms with Crippen molar-refractivity contribution in [3.63, 3.8) is 0 Å². The summed E-state index contributed by atoms with van der Waals surface area (Å²) in [5, 5.41) is 11.0. The second-order valence-corrected chi connectivity index (χ2v) is 6.35. The van der Waals surface area contributed by atoms with Gasteiger partial charge in [-0.25, -0.2) is 4.99 Å². The lowest BCUT2D eigenvalue weighted by molar-refractivity contribution is -0.121. The molecule has 1 heterocycles. The molecule has 116 valence electrons. The fraction of sp³-hybridized carbons (Fsp3) is 0.0588. The van der Waals surface area contributed by atoms with Crippen LogP contribution in [0.4, 0.5) is 5.69 Å². The zero-order valence-electron chi connectivity index (χ0n) is 12.2. The van der Waals surface area contributed by atoms with Gasteiger partial charge in [0, 0.05) is 17.6 Å². The maximum absolute atomic E-state index is 12.3. The molecule has 0 unspecified atom stereocenters. The highest BCUT2D eigenvalue weighted by Gasteiger charge is 2.30. The number of thioether (sulfide) groups is 1. The molecule has 0 aromatic heterocycles. The summed E-state index contributed by atoms with van der Waals surface area (Å²) >= 11 is 7.13. The third-order valence-corrected chi connectivity index (χ3v) is 4.59. The Morgan fingerprint density at radius 1 is 1.17 bits per heavy atom. The van der Waals surface area contributed by atoms with Crippen LogP contribution in [0.25, 0.3) is 6.08 Å². The molecule has 0 aliphatic carbocycles. The number of aromatic hydroxyl groups is 1. The monoisotopic (exact) mass is 344 g/mol. The van der Waals surface area contributed by atoms with Gasteiger partial charge in [-0.2, -0.15) is 0 Å². The minimum absolute atomic E-state index is 0.138. The number of rotatable bonds is 2.